The minimum Gasteiger partial charge on any atom is -0.444 e. The molecule has 0 saturated carbocycles. The van der Waals surface area contributed by atoms with Crippen LogP contribution in [0.15, 0.2) is 27.4 Å². The Morgan fingerprint density at radius 1 is 1.17 bits per heavy atom. The van der Waals surface area contributed by atoms with E-state index in [9.17, 15) is 14.4 Å². The van der Waals surface area contributed by atoms with Crippen molar-refractivity contribution in [3.63, 3.8) is 0 Å². The standard InChI is InChI=1S/C23H31NO6/c1-8-14(4)20(24-22(27)30-23(5,6)7)21(26)29-17-11-13(3)10-16-19(17)15(9-2)12-18(25)28-16/h10-12,14,20H,8-9H2,1-7H3,(H,24,27)/t14-,20+/m0/s1. The minimum atomic E-state index is -0.888. The number of ether oxygens (including phenoxy) is 2. The first-order valence-electron chi connectivity index (χ1n) is 10.2. The van der Waals surface area contributed by atoms with E-state index < -0.39 is 29.3 Å². The summed E-state index contributed by atoms with van der Waals surface area (Å²) in [5, 5.41) is 3.22. The number of carbonyl (C=O) groups is 2. The molecule has 1 heterocycles. The van der Waals surface area contributed by atoms with Crippen molar-refractivity contribution in [1.82, 2.24) is 5.32 Å². The topological polar surface area (TPSA) is 94.8 Å². The largest absolute Gasteiger partial charge is 0.444 e. The van der Waals surface area contributed by atoms with Crippen molar-refractivity contribution < 1.29 is 23.5 Å². The van der Waals surface area contributed by atoms with Gasteiger partial charge in [-0.25, -0.2) is 14.4 Å². The summed E-state index contributed by atoms with van der Waals surface area (Å²) < 4.78 is 16.3. The molecule has 0 spiro atoms. The Bertz CT molecular complexity index is 986. The van der Waals surface area contributed by atoms with Gasteiger partial charge in [0.1, 0.15) is 23.0 Å². The molecule has 0 unspecified atom stereocenters. The first-order chi connectivity index (χ1) is 13.9. The number of alkyl carbamates (subject to hydrolysis) is 1. The van der Waals surface area contributed by atoms with Gasteiger partial charge in [0.25, 0.3) is 0 Å². The molecule has 2 rings (SSSR count). The number of fused-ring (bicyclic) bond motifs is 1. The molecule has 1 amide bonds. The number of rotatable bonds is 6. The van der Waals surface area contributed by atoms with Gasteiger partial charge in [0.05, 0.1) is 5.39 Å². The normalized spacial score (nSPS) is 13.6. The quantitative estimate of drug-likeness (QED) is 0.422. The SMILES string of the molecule is CCc1cc(=O)oc2cc(C)cc(OC(=O)[C@H](NC(=O)OC(C)(C)C)[C@@H](C)CC)c12. The van der Waals surface area contributed by atoms with Crippen LogP contribution < -0.4 is 15.7 Å². The summed E-state index contributed by atoms with van der Waals surface area (Å²) in [6.45, 7) is 12.8. The van der Waals surface area contributed by atoms with E-state index >= 15 is 0 Å². The van der Waals surface area contributed by atoms with Crippen LogP contribution in [0.2, 0.25) is 0 Å². The van der Waals surface area contributed by atoms with Crippen molar-refractivity contribution in [2.75, 3.05) is 0 Å². The summed E-state index contributed by atoms with van der Waals surface area (Å²) in [7, 11) is 0. The van der Waals surface area contributed by atoms with Gasteiger partial charge in [0.15, 0.2) is 0 Å². The first kappa shape index (κ1) is 23.4. The Morgan fingerprint density at radius 2 is 1.83 bits per heavy atom. The lowest BCUT2D eigenvalue weighted by Crippen LogP contribution is -2.48. The zero-order valence-corrected chi connectivity index (χ0v) is 18.8. The maximum absolute atomic E-state index is 13.1. The molecule has 7 nitrogen and oxygen atoms in total. The number of nitrogens with one attached hydrogen (secondary N) is 1. The summed E-state index contributed by atoms with van der Waals surface area (Å²) in [6.07, 6.45) is 0.541. The molecule has 0 fully saturated rings. The predicted molar refractivity (Wildman–Crippen MR) is 115 cm³/mol. The van der Waals surface area contributed by atoms with Gasteiger partial charge >= 0.3 is 17.7 Å². The Balaban J connectivity index is 2.40. The average Bonchev–Trinajstić information content (AvgIpc) is 2.62. The summed E-state index contributed by atoms with van der Waals surface area (Å²) in [6, 6.07) is 3.97. The smallest absolute Gasteiger partial charge is 0.408 e. The van der Waals surface area contributed by atoms with Crippen LogP contribution >= 0.6 is 0 Å². The summed E-state index contributed by atoms with van der Waals surface area (Å²) in [5.74, 6) is -0.477. The molecule has 0 radical (unpaired) electrons. The van der Waals surface area contributed by atoms with E-state index in [4.69, 9.17) is 13.9 Å². The van der Waals surface area contributed by atoms with Crippen molar-refractivity contribution >= 4 is 23.0 Å². The van der Waals surface area contributed by atoms with Gasteiger partial charge in [0, 0.05) is 6.07 Å². The van der Waals surface area contributed by atoms with E-state index in [2.05, 4.69) is 5.32 Å². The van der Waals surface area contributed by atoms with E-state index in [-0.39, 0.29) is 5.92 Å². The van der Waals surface area contributed by atoms with E-state index in [1.165, 1.54) is 6.07 Å². The Kier molecular flexibility index (Phi) is 7.29. The second kappa shape index (κ2) is 9.32. The number of amides is 1. The molecule has 0 aliphatic heterocycles. The molecule has 0 aliphatic rings. The molecule has 30 heavy (non-hydrogen) atoms. The van der Waals surface area contributed by atoms with Crippen LogP contribution in [0.1, 0.15) is 59.1 Å². The van der Waals surface area contributed by atoms with Crippen LogP contribution in [0.25, 0.3) is 11.0 Å². The van der Waals surface area contributed by atoms with Crippen LogP contribution in [0, 0.1) is 12.8 Å². The molecular formula is C23H31NO6. The second-order valence-corrected chi connectivity index (χ2v) is 8.51. The maximum Gasteiger partial charge on any atom is 0.408 e. The maximum atomic E-state index is 13.1. The van der Waals surface area contributed by atoms with Gasteiger partial charge in [-0.2, -0.15) is 0 Å². The third kappa shape index (κ3) is 5.84. The number of aryl methyl sites for hydroxylation is 2. The monoisotopic (exact) mass is 417 g/mol. The zero-order chi connectivity index (χ0) is 22.6. The fraction of sp³-hybridized carbons (Fsp3) is 0.522. The Hall–Kier alpha value is -2.83. The molecule has 7 heteroatoms. The zero-order valence-electron chi connectivity index (χ0n) is 18.8. The number of carbonyl (C=O) groups excluding carboxylic acids is 2. The highest BCUT2D eigenvalue weighted by Crippen LogP contribution is 2.31. The van der Waals surface area contributed by atoms with Gasteiger partial charge in [-0.15, -0.1) is 0 Å². The van der Waals surface area contributed by atoms with E-state index in [1.54, 1.807) is 32.9 Å². The van der Waals surface area contributed by atoms with Gasteiger partial charge in [-0.1, -0.05) is 27.2 Å². The van der Waals surface area contributed by atoms with Crippen molar-refractivity contribution in [1.29, 1.82) is 0 Å². The molecule has 1 N–H and O–H groups in total. The number of hydrogen-bond donors (Lipinski definition) is 1. The highest BCUT2D eigenvalue weighted by Gasteiger charge is 2.30. The highest BCUT2D eigenvalue weighted by atomic mass is 16.6. The van der Waals surface area contributed by atoms with E-state index in [0.29, 0.717) is 29.6 Å². The van der Waals surface area contributed by atoms with Crippen molar-refractivity contribution in [3.8, 4) is 5.75 Å². The summed E-state index contributed by atoms with van der Waals surface area (Å²) >= 11 is 0. The van der Waals surface area contributed by atoms with E-state index in [0.717, 1.165) is 11.1 Å². The van der Waals surface area contributed by atoms with Crippen LogP contribution in [-0.2, 0) is 16.0 Å². The predicted octanol–water partition coefficient (Wildman–Crippen LogP) is 4.51. The van der Waals surface area contributed by atoms with E-state index in [1.807, 2.05) is 27.7 Å². The van der Waals surface area contributed by atoms with Crippen LogP contribution in [0.4, 0.5) is 4.79 Å². The van der Waals surface area contributed by atoms with Gasteiger partial charge in [-0.05, 0) is 63.3 Å². The van der Waals surface area contributed by atoms with Gasteiger partial charge < -0.3 is 19.2 Å². The lowest BCUT2D eigenvalue weighted by atomic mass is 9.99. The van der Waals surface area contributed by atoms with Crippen molar-refractivity contribution in [2.45, 2.75) is 73.0 Å². The number of benzene rings is 1. The Labute approximate surface area is 176 Å². The fourth-order valence-electron chi connectivity index (χ4n) is 3.11. The molecule has 2 atom stereocenters. The molecule has 1 aromatic carbocycles. The van der Waals surface area contributed by atoms with Gasteiger partial charge in [0.2, 0.25) is 0 Å². The highest BCUT2D eigenvalue weighted by molar-refractivity contribution is 5.91. The second-order valence-electron chi connectivity index (χ2n) is 8.51. The fourth-order valence-corrected chi connectivity index (χ4v) is 3.11. The summed E-state index contributed by atoms with van der Waals surface area (Å²) in [5.41, 5.74) is 0.730. The van der Waals surface area contributed by atoms with Crippen molar-refractivity contribution in [2.24, 2.45) is 5.92 Å². The molecule has 1 aromatic heterocycles. The van der Waals surface area contributed by atoms with Gasteiger partial charge in [-0.3, -0.25) is 0 Å². The first-order valence-corrected chi connectivity index (χ1v) is 10.2. The molecule has 0 aliphatic carbocycles. The minimum absolute atomic E-state index is 0.176. The molecule has 0 bridgehead atoms. The number of esters is 1. The molecule has 0 saturated heterocycles. The Morgan fingerprint density at radius 3 is 2.40 bits per heavy atom. The third-order valence-electron chi connectivity index (χ3n) is 4.76. The summed E-state index contributed by atoms with van der Waals surface area (Å²) in [4.78, 5) is 37.2. The lowest BCUT2D eigenvalue weighted by molar-refractivity contribution is -0.138. The third-order valence-corrected chi connectivity index (χ3v) is 4.76. The lowest BCUT2D eigenvalue weighted by Gasteiger charge is -2.26. The van der Waals surface area contributed by atoms with Crippen LogP contribution in [-0.4, -0.2) is 23.7 Å². The van der Waals surface area contributed by atoms with Crippen molar-refractivity contribution in [3.05, 3.63) is 39.7 Å². The van der Waals surface area contributed by atoms with Crippen LogP contribution in [0.5, 0.6) is 5.75 Å². The van der Waals surface area contributed by atoms with Crippen LogP contribution in [0.3, 0.4) is 0 Å². The number of hydrogen-bond acceptors (Lipinski definition) is 6. The molecular weight excluding hydrogens is 386 g/mol. The molecule has 2 aromatic rings. The average molecular weight is 418 g/mol. The molecule has 164 valence electrons.